The molecular formula is C22H35ClN4O2. The predicted octanol–water partition coefficient (Wildman–Crippen LogP) is 5.09. The van der Waals surface area contributed by atoms with Crippen molar-refractivity contribution in [2.24, 2.45) is 5.92 Å². The highest BCUT2D eigenvalue weighted by Gasteiger charge is 2.41. The Morgan fingerprint density at radius 3 is 2.69 bits per heavy atom. The Morgan fingerprint density at radius 2 is 2.07 bits per heavy atom. The van der Waals surface area contributed by atoms with Crippen molar-refractivity contribution in [2.45, 2.75) is 90.8 Å². The van der Waals surface area contributed by atoms with E-state index in [0.717, 1.165) is 50.3 Å². The highest BCUT2D eigenvalue weighted by Crippen LogP contribution is 2.37. The number of rotatable bonds is 6. The molecule has 0 radical (unpaired) electrons. The van der Waals surface area contributed by atoms with E-state index in [1.165, 1.54) is 12.8 Å². The van der Waals surface area contributed by atoms with Gasteiger partial charge in [0.25, 0.3) is 0 Å². The average molecular weight is 423 g/mol. The molecular weight excluding hydrogens is 388 g/mol. The SMILES string of the molecule is CCCc1cc(N2CCCC(N(C(=O)OC(C)(C)C)C(C)C3CC3)C2)nc(Cl)n1. The lowest BCUT2D eigenvalue weighted by molar-refractivity contribution is 0.00240. The molecule has 0 aromatic carbocycles. The van der Waals surface area contributed by atoms with E-state index in [0.29, 0.717) is 11.2 Å². The number of aromatic nitrogens is 2. The van der Waals surface area contributed by atoms with Gasteiger partial charge in [-0.3, -0.25) is 0 Å². The number of hydrogen-bond acceptors (Lipinski definition) is 5. The summed E-state index contributed by atoms with van der Waals surface area (Å²) < 4.78 is 5.79. The Balaban J connectivity index is 1.80. The number of ether oxygens (including phenoxy) is 1. The smallest absolute Gasteiger partial charge is 0.410 e. The highest BCUT2D eigenvalue weighted by molar-refractivity contribution is 6.28. The topological polar surface area (TPSA) is 58.6 Å². The zero-order chi connectivity index (χ0) is 21.2. The second kappa shape index (κ2) is 9.07. The number of hydrogen-bond donors (Lipinski definition) is 0. The fraction of sp³-hybridized carbons (Fsp3) is 0.773. The Labute approximate surface area is 180 Å². The summed E-state index contributed by atoms with van der Waals surface area (Å²) in [5.41, 5.74) is 0.474. The molecule has 2 atom stereocenters. The summed E-state index contributed by atoms with van der Waals surface area (Å²) in [6, 6.07) is 2.34. The van der Waals surface area contributed by atoms with Crippen molar-refractivity contribution in [1.29, 1.82) is 0 Å². The van der Waals surface area contributed by atoms with Gasteiger partial charge in [-0.1, -0.05) is 13.3 Å². The number of aryl methyl sites for hydroxylation is 1. The summed E-state index contributed by atoms with van der Waals surface area (Å²) in [5, 5.41) is 0.295. The van der Waals surface area contributed by atoms with Crippen LogP contribution >= 0.6 is 11.6 Å². The summed E-state index contributed by atoms with van der Waals surface area (Å²) in [4.78, 5) is 26.2. The molecule has 0 bridgehead atoms. The monoisotopic (exact) mass is 422 g/mol. The molecule has 3 rings (SSSR count). The van der Waals surface area contributed by atoms with Crippen LogP contribution < -0.4 is 4.90 Å². The molecule has 2 heterocycles. The Hall–Kier alpha value is -1.56. The van der Waals surface area contributed by atoms with Gasteiger partial charge in [0.15, 0.2) is 0 Å². The average Bonchev–Trinajstić information content (AvgIpc) is 3.45. The molecule has 1 aliphatic heterocycles. The van der Waals surface area contributed by atoms with Gasteiger partial charge in [-0.25, -0.2) is 14.8 Å². The number of carbonyl (C=O) groups excluding carboxylic acids is 1. The van der Waals surface area contributed by atoms with E-state index in [2.05, 4.69) is 28.7 Å². The third-order valence-corrected chi connectivity index (χ3v) is 5.87. The Morgan fingerprint density at radius 1 is 1.34 bits per heavy atom. The lowest BCUT2D eigenvalue weighted by Crippen LogP contribution is -2.55. The van der Waals surface area contributed by atoms with Crippen LogP contribution in [0.25, 0.3) is 0 Å². The van der Waals surface area contributed by atoms with Crippen molar-refractivity contribution in [1.82, 2.24) is 14.9 Å². The summed E-state index contributed by atoms with van der Waals surface area (Å²) in [7, 11) is 0. The summed E-state index contributed by atoms with van der Waals surface area (Å²) >= 11 is 6.19. The molecule has 1 aromatic rings. The fourth-order valence-electron chi connectivity index (χ4n) is 4.16. The molecule has 162 valence electrons. The van der Waals surface area contributed by atoms with E-state index in [1.54, 1.807) is 0 Å². The van der Waals surface area contributed by atoms with Crippen LogP contribution in [0.2, 0.25) is 5.28 Å². The fourth-order valence-corrected chi connectivity index (χ4v) is 4.35. The van der Waals surface area contributed by atoms with E-state index in [4.69, 9.17) is 16.3 Å². The molecule has 2 fully saturated rings. The summed E-state index contributed by atoms with van der Waals surface area (Å²) in [6.07, 6.45) is 6.07. The Kier molecular flexibility index (Phi) is 6.92. The van der Waals surface area contributed by atoms with Crippen LogP contribution in [-0.2, 0) is 11.2 Å². The van der Waals surface area contributed by atoms with Crippen LogP contribution in [0.1, 0.15) is 72.4 Å². The third kappa shape index (κ3) is 5.97. The van der Waals surface area contributed by atoms with Crippen LogP contribution in [0.5, 0.6) is 0 Å². The second-order valence-electron chi connectivity index (χ2n) is 9.44. The molecule has 1 saturated heterocycles. The molecule has 1 amide bonds. The number of piperidine rings is 1. The standard InChI is InChI=1S/C22H35ClN4O2/c1-6-8-17-13-19(25-20(23)24-17)26-12-7-9-18(14-26)27(15(2)16-10-11-16)21(28)29-22(3,4)5/h13,15-16,18H,6-12,14H2,1-5H3. The van der Waals surface area contributed by atoms with Gasteiger partial charge >= 0.3 is 6.09 Å². The Bertz CT molecular complexity index is 717. The van der Waals surface area contributed by atoms with Crippen molar-refractivity contribution >= 4 is 23.5 Å². The molecule has 2 unspecified atom stereocenters. The second-order valence-corrected chi connectivity index (χ2v) is 9.78. The largest absolute Gasteiger partial charge is 0.444 e. The van der Waals surface area contributed by atoms with Crippen molar-refractivity contribution in [2.75, 3.05) is 18.0 Å². The van der Waals surface area contributed by atoms with Crippen LogP contribution in [0, 0.1) is 5.92 Å². The number of nitrogens with zero attached hydrogens (tertiary/aromatic N) is 4. The number of anilines is 1. The first-order chi connectivity index (χ1) is 13.7. The first kappa shape index (κ1) is 22.1. The third-order valence-electron chi connectivity index (χ3n) is 5.71. The van der Waals surface area contributed by atoms with Crippen molar-refractivity contribution in [3.63, 3.8) is 0 Å². The van der Waals surface area contributed by atoms with Crippen molar-refractivity contribution < 1.29 is 9.53 Å². The maximum atomic E-state index is 13.1. The van der Waals surface area contributed by atoms with Gasteiger partial charge < -0.3 is 14.5 Å². The quantitative estimate of drug-likeness (QED) is 0.598. The van der Waals surface area contributed by atoms with Crippen LogP contribution in [-0.4, -0.2) is 51.7 Å². The lowest BCUT2D eigenvalue weighted by Gasteiger charge is -2.43. The minimum atomic E-state index is -0.498. The molecule has 7 heteroatoms. The highest BCUT2D eigenvalue weighted by atomic mass is 35.5. The van der Waals surface area contributed by atoms with Crippen LogP contribution in [0.3, 0.4) is 0 Å². The molecule has 0 spiro atoms. The van der Waals surface area contributed by atoms with Gasteiger partial charge in [0, 0.05) is 30.9 Å². The van der Waals surface area contributed by atoms with E-state index in [1.807, 2.05) is 31.7 Å². The molecule has 6 nitrogen and oxygen atoms in total. The zero-order valence-electron chi connectivity index (χ0n) is 18.4. The van der Waals surface area contributed by atoms with Crippen LogP contribution in [0.4, 0.5) is 10.6 Å². The molecule has 29 heavy (non-hydrogen) atoms. The van der Waals surface area contributed by atoms with Crippen molar-refractivity contribution in [3.8, 4) is 0 Å². The number of carbonyl (C=O) groups is 1. The first-order valence-electron chi connectivity index (χ1n) is 11.0. The molecule has 1 aliphatic carbocycles. The maximum absolute atomic E-state index is 13.1. The first-order valence-corrected chi connectivity index (χ1v) is 11.4. The van der Waals surface area contributed by atoms with E-state index in [9.17, 15) is 4.79 Å². The van der Waals surface area contributed by atoms with E-state index < -0.39 is 5.60 Å². The lowest BCUT2D eigenvalue weighted by atomic mass is 10.0. The number of halogens is 1. The predicted molar refractivity (Wildman–Crippen MR) is 117 cm³/mol. The zero-order valence-corrected chi connectivity index (χ0v) is 19.2. The number of amides is 1. The minimum Gasteiger partial charge on any atom is -0.444 e. The summed E-state index contributed by atoms with van der Waals surface area (Å²) in [5.74, 6) is 1.45. The van der Waals surface area contributed by atoms with Crippen molar-refractivity contribution in [3.05, 3.63) is 17.0 Å². The van der Waals surface area contributed by atoms with Gasteiger partial charge in [-0.2, -0.15) is 0 Å². The molecule has 0 N–H and O–H groups in total. The van der Waals surface area contributed by atoms with Gasteiger partial charge in [-0.05, 0) is 77.3 Å². The molecule has 2 aliphatic rings. The van der Waals surface area contributed by atoms with Crippen LogP contribution in [0.15, 0.2) is 6.07 Å². The minimum absolute atomic E-state index is 0.109. The molecule has 1 saturated carbocycles. The van der Waals surface area contributed by atoms with Gasteiger partial charge in [0.2, 0.25) is 5.28 Å². The summed E-state index contributed by atoms with van der Waals surface area (Å²) in [6.45, 7) is 11.7. The van der Waals surface area contributed by atoms with Gasteiger partial charge in [0.1, 0.15) is 11.4 Å². The molecule has 1 aromatic heterocycles. The van der Waals surface area contributed by atoms with E-state index in [-0.39, 0.29) is 18.2 Å². The van der Waals surface area contributed by atoms with Gasteiger partial charge in [-0.15, -0.1) is 0 Å². The van der Waals surface area contributed by atoms with Gasteiger partial charge in [0.05, 0.1) is 6.04 Å². The van der Waals surface area contributed by atoms with E-state index >= 15 is 0 Å². The normalized spacial score (nSPS) is 21.0. The maximum Gasteiger partial charge on any atom is 0.410 e.